The number of hydrogen-bond donors (Lipinski definition) is 6. The fourth-order valence-electron chi connectivity index (χ4n) is 4.06. The number of rotatable bonds is 8. The number of aliphatic carboxylic acids is 2. The highest BCUT2D eigenvalue weighted by atomic mass is 19.4. The van der Waals surface area contributed by atoms with Crippen LogP contribution in [0, 0.1) is 0 Å². The molecule has 11 nitrogen and oxygen atoms in total. The van der Waals surface area contributed by atoms with Gasteiger partial charge in [-0.05, 0) is 48.9 Å². The van der Waals surface area contributed by atoms with Crippen LogP contribution >= 0.6 is 0 Å². The van der Waals surface area contributed by atoms with Crippen molar-refractivity contribution in [1.82, 2.24) is 25.9 Å². The third-order valence-electron chi connectivity index (χ3n) is 6.23. The first-order chi connectivity index (χ1) is 21.0. The molecule has 2 aromatic carbocycles. The summed E-state index contributed by atoms with van der Waals surface area (Å²) >= 11 is 0. The Morgan fingerprint density at radius 1 is 0.911 bits per heavy atom. The van der Waals surface area contributed by atoms with Gasteiger partial charge in [-0.25, -0.2) is 14.6 Å². The SMILES string of the molecule is CC(=O)NCCCC[C@H](NC(=O)C1Cc2ccccc2CN1)c1nc2ccccc2[nH]1.O=C(O)C(F)(F)F.O=C(O)C(F)(F)F. The molecule has 0 spiro atoms. The summed E-state index contributed by atoms with van der Waals surface area (Å²) in [7, 11) is 0. The monoisotopic (exact) mass is 647 g/mol. The molecular weight excluding hydrogens is 616 g/mol. The number of nitrogens with one attached hydrogen (secondary N) is 4. The number of unbranched alkanes of at least 4 members (excludes halogenated alkanes) is 1. The topological polar surface area (TPSA) is 174 Å². The Labute approximate surface area is 252 Å². The van der Waals surface area contributed by atoms with E-state index in [1.54, 1.807) is 0 Å². The van der Waals surface area contributed by atoms with Crippen LogP contribution < -0.4 is 16.0 Å². The maximum Gasteiger partial charge on any atom is 0.490 e. The molecule has 0 fully saturated rings. The Hall–Kier alpha value is -4.67. The molecule has 4 rings (SSSR count). The Morgan fingerprint density at radius 2 is 1.47 bits per heavy atom. The molecule has 6 N–H and O–H groups in total. The largest absolute Gasteiger partial charge is 0.490 e. The minimum atomic E-state index is -5.08. The van der Waals surface area contributed by atoms with Crippen molar-refractivity contribution in [2.24, 2.45) is 0 Å². The van der Waals surface area contributed by atoms with E-state index in [4.69, 9.17) is 24.8 Å². The highest BCUT2D eigenvalue weighted by Crippen LogP contribution is 2.22. The molecule has 17 heteroatoms. The van der Waals surface area contributed by atoms with Crippen molar-refractivity contribution in [2.45, 2.75) is 63.6 Å². The van der Waals surface area contributed by atoms with Crippen molar-refractivity contribution in [3.8, 4) is 0 Å². The second-order valence-electron chi connectivity index (χ2n) is 9.69. The van der Waals surface area contributed by atoms with Crippen LogP contribution in [-0.4, -0.2) is 68.9 Å². The van der Waals surface area contributed by atoms with Gasteiger partial charge in [-0.1, -0.05) is 36.4 Å². The van der Waals surface area contributed by atoms with Gasteiger partial charge in [-0.15, -0.1) is 0 Å². The van der Waals surface area contributed by atoms with E-state index in [-0.39, 0.29) is 23.9 Å². The lowest BCUT2D eigenvalue weighted by Crippen LogP contribution is -2.48. The minimum absolute atomic E-state index is 0.0122. The van der Waals surface area contributed by atoms with Crippen LogP contribution in [0.1, 0.15) is 49.2 Å². The lowest BCUT2D eigenvalue weighted by Gasteiger charge is -2.27. The quantitative estimate of drug-likeness (QED) is 0.157. The second kappa shape index (κ2) is 16.4. The lowest BCUT2D eigenvalue weighted by atomic mass is 9.95. The zero-order valence-corrected chi connectivity index (χ0v) is 23.8. The van der Waals surface area contributed by atoms with E-state index in [0.717, 1.165) is 36.1 Å². The van der Waals surface area contributed by atoms with Crippen molar-refractivity contribution in [1.29, 1.82) is 0 Å². The number of aromatic nitrogens is 2. The van der Waals surface area contributed by atoms with Gasteiger partial charge in [0.1, 0.15) is 5.82 Å². The molecule has 0 saturated carbocycles. The Bertz CT molecular complexity index is 1400. The van der Waals surface area contributed by atoms with Gasteiger partial charge in [0.2, 0.25) is 11.8 Å². The number of nitrogens with zero attached hydrogens (tertiary/aromatic N) is 1. The van der Waals surface area contributed by atoms with Crippen LogP contribution in [0.25, 0.3) is 11.0 Å². The van der Waals surface area contributed by atoms with Crippen LogP contribution in [0.5, 0.6) is 0 Å². The van der Waals surface area contributed by atoms with Crippen molar-refractivity contribution in [3.05, 3.63) is 65.5 Å². The molecule has 1 unspecified atom stereocenters. The van der Waals surface area contributed by atoms with E-state index in [1.807, 2.05) is 36.4 Å². The molecular formula is C28H31F6N5O6. The van der Waals surface area contributed by atoms with E-state index < -0.39 is 24.3 Å². The first-order valence-electron chi connectivity index (χ1n) is 13.4. The van der Waals surface area contributed by atoms with Gasteiger partial charge in [0.05, 0.1) is 23.1 Å². The summed E-state index contributed by atoms with van der Waals surface area (Å²) in [5.74, 6) is -4.78. The van der Waals surface area contributed by atoms with Crippen molar-refractivity contribution >= 4 is 34.8 Å². The van der Waals surface area contributed by atoms with E-state index in [0.29, 0.717) is 19.5 Å². The number of halogens is 6. The predicted octanol–water partition coefficient (Wildman–Crippen LogP) is 4.01. The molecule has 0 aliphatic carbocycles. The highest BCUT2D eigenvalue weighted by molar-refractivity contribution is 5.83. The maximum absolute atomic E-state index is 13.1. The zero-order valence-electron chi connectivity index (χ0n) is 23.8. The molecule has 1 aliphatic rings. The van der Waals surface area contributed by atoms with Crippen molar-refractivity contribution < 1.29 is 55.7 Å². The molecule has 0 bridgehead atoms. The third-order valence-corrected chi connectivity index (χ3v) is 6.23. The van der Waals surface area contributed by atoms with Crippen molar-refractivity contribution in [3.63, 3.8) is 0 Å². The fraction of sp³-hybridized carbons (Fsp3) is 0.393. The van der Waals surface area contributed by atoms with Gasteiger partial charge < -0.3 is 31.1 Å². The average molecular weight is 648 g/mol. The summed E-state index contributed by atoms with van der Waals surface area (Å²) in [5, 5.41) is 23.6. The number of fused-ring (bicyclic) bond motifs is 2. The van der Waals surface area contributed by atoms with Gasteiger partial charge in [0, 0.05) is 20.0 Å². The summed E-state index contributed by atoms with van der Waals surface area (Å²) < 4.78 is 63.5. The molecule has 2 amide bonds. The Morgan fingerprint density at radius 3 is 2.02 bits per heavy atom. The highest BCUT2D eigenvalue weighted by Gasteiger charge is 2.39. The first kappa shape index (κ1) is 36.5. The van der Waals surface area contributed by atoms with E-state index >= 15 is 0 Å². The van der Waals surface area contributed by atoms with Crippen LogP contribution in [0.3, 0.4) is 0 Å². The molecule has 2 atom stereocenters. The molecule has 246 valence electrons. The van der Waals surface area contributed by atoms with Gasteiger partial charge >= 0.3 is 24.3 Å². The summed E-state index contributed by atoms with van der Waals surface area (Å²) in [6, 6.07) is 15.6. The zero-order chi connectivity index (χ0) is 33.8. The van der Waals surface area contributed by atoms with Crippen LogP contribution in [0.4, 0.5) is 26.3 Å². The number of hydrogen-bond acceptors (Lipinski definition) is 6. The molecule has 0 saturated heterocycles. The van der Waals surface area contributed by atoms with Gasteiger partial charge in [-0.2, -0.15) is 26.3 Å². The lowest BCUT2D eigenvalue weighted by molar-refractivity contribution is -0.193. The smallest absolute Gasteiger partial charge is 0.475 e. The summed E-state index contributed by atoms with van der Waals surface area (Å²) in [5.41, 5.74) is 4.31. The number of carboxylic acid groups (broad SMARTS) is 2. The van der Waals surface area contributed by atoms with E-state index in [1.165, 1.54) is 18.1 Å². The van der Waals surface area contributed by atoms with Gasteiger partial charge in [0.15, 0.2) is 0 Å². The number of H-pyrrole nitrogens is 1. The van der Waals surface area contributed by atoms with Gasteiger partial charge in [0.25, 0.3) is 0 Å². The maximum atomic E-state index is 13.1. The van der Waals surface area contributed by atoms with E-state index in [9.17, 15) is 35.9 Å². The number of para-hydroxylation sites is 2. The number of imidazole rings is 1. The molecule has 0 radical (unpaired) electrons. The second-order valence-corrected chi connectivity index (χ2v) is 9.69. The van der Waals surface area contributed by atoms with Crippen LogP contribution in [-0.2, 0) is 32.1 Å². The number of carbonyl (C=O) groups is 4. The predicted molar refractivity (Wildman–Crippen MR) is 148 cm³/mol. The standard InChI is InChI=1S/C24H29N5O2.2C2HF3O2/c1-16(30)25-13-7-6-12-21(23-27-19-10-4-5-11-20(19)28-23)29-24(31)22-14-17-8-2-3-9-18(17)15-26-22;2*3-2(4,5)1(6)7/h2-5,8-11,21-22,26H,6-7,12-15H2,1H3,(H,25,30)(H,27,28)(H,29,31);2*(H,6,7)/t21-,22?;;/m0../s1. The molecule has 45 heavy (non-hydrogen) atoms. The molecule has 3 aromatic rings. The third kappa shape index (κ3) is 12.5. The number of alkyl halides is 6. The number of carbonyl (C=O) groups excluding carboxylic acids is 2. The Balaban J connectivity index is 0.000000421. The minimum Gasteiger partial charge on any atom is -0.475 e. The summed E-state index contributed by atoms with van der Waals surface area (Å²) in [6.45, 7) is 2.85. The first-order valence-corrected chi connectivity index (χ1v) is 13.4. The molecule has 2 heterocycles. The van der Waals surface area contributed by atoms with E-state index in [2.05, 4.69) is 33.1 Å². The van der Waals surface area contributed by atoms with Crippen LogP contribution in [0.2, 0.25) is 0 Å². The number of benzene rings is 2. The van der Waals surface area contributed by atoms with Gasteiger partial charge in [-0.3, -0.25) is 9.59 Å². The fourth-order valence-corrected chi connectivity index (χ4v) is 4.06. The molecule has 1 aliphatic heterocycles. The van der Waals surface area contributed by atoms with Crippen molar-refractivity contribution in [2.75, 3.05) is 6.54 Å². The van der Waals surface area contributed by atoms with Crippen LogP contribution in [0.15, 0.2) is 48.5 Å². The Kier molecular flexibility index (Phi) is 13.3. The average Bonchev–Trinajstić information content (AvgIpc) is 3.40. The summed E-state index contributed by atoms with van der Waals surface area (Å²) in [4.78, 5) is 50.1. The normalized spacial score (nSPS) is 14.9. The summed E-state index contributed by atoms with van der Waals surface area (Å²) in [6.07, 6.45) is -7.03. The number of carboxylic acids is 2. The number of amides is 2. The number of aromatic amines is 1. The molecule has 1 aromatic heterocycles.